The molecule has 2 aliphatic carbocycles. The van der Waals surface area contributed by atoms with Gasteiger partial charge in [-0.05, 0) is 13.8 Å². The molecule has 1 saturated carbocycles. The van der Waals surface area contributed by atoms with Crippen LogP contribution in [0.15, 0.2) is 35.5 Å². The molecular weight excluding hydrogens is 368 g/mol. The van der Waals surface area contributed by atoms with Crippen LogP contribution >= 0.6 is 0 Å². The highest BCUT2D eigenvalue weighted by molar-refractivity contribution is 5.92. The molecule has 2 saturated heterocycles. The van der Waals surface area contributed by atoms with Gasteiger partial charge in [-0.2, -0.15) is 0 Å². The van der Waals surface area contributed by atoms with Crippen LogP contribution in [0.2, 0.25) is 0 Å². The number of ether oxygens (including phenoxy) is 3. The Bertz CT molecular complexity index is 792. The standard InChI is InChI=1S/C20H24O8/c1-4-10(6-21)19(25)28-16-13-9(3)18(24)27-15(13)12-8(2)5-11(22)14(12)20(7-26-20)17(16)23/h4-5,11-17,21-23H,3,6-7H2,1-2H3. The van der Waals surface area contributed by atoms with Crippen molar-refractivity contribution in [3.05, 3.63) is 35.5 Å². The van der Waals surface area contributed by atoms with Gasteiger partial charge in [-0.3, -0.25) is 0 Å². The van der Waals surface area contributed by atoms with Crippen molar-refractivity contribution in [2.24, 2.45) is 17.8 Å². The third-order valence-corrected chi connectivity index (χ3v) is 6.56. The first-order valence-electron chi connectivity index (χ1n) is 9.32. The number of hydrogen-bond acceptors (Lipinski definition) is 8. The third kappa shape index (κ3) is 2.52. The second kappa shape index (κ2) is 6.52. The lowest BCUT2D eigenvalue weighted by atomic mass is 9.77. The molecule has 8 nitrogen and oxygen atoms in total. The maximum absolute atomic E-state index is 12.5. The molecule has 8 atom stereocenters. The lowest BCUT2D eigenvalue weighted by Gasteiger charge is -2.32. The molecule has 0 radical (unpaired) electrons. The molecule has 8 unspecified atom stereocenters. The molecule has 0 amide bonds. The van der Waals surface area contributed by atoms with Gasteiger partial charge in [0.15, 0.2) is 0 Å². The number of rotatable bonds is 3. The Hall–Kier alpha value is -2.00. The van der Waals surface area contributed by atoms with Crippen LogP contribution in [0.4, 0.5) is 0 Å². The average Bonchev–Trinajstić information content (AvgIpc) is 3.33. The number of epoxide rings is 1. The summed E-state index contributed by atoms with van der Waals surface area (Å²) in [7, 11) is 0. The summed E-state index contributed by atoms with van der Waals surface area (Å²) in [6.45, 7) is 6.89. The van der Waals surface area contributed by atoms with Crippen molar-refractivity contribution in [2.45, 2.75) is 43.9 Å². The maximum atomic E-state index is 12.5. The Labute approximate surface area is 162 Å². The van der Waals surface area contributed by atoms with Crippen molar-refractivity contribution >= 4 is 11.9 Å². The molecule has 0 aromatic heterocycles. The van der Waals surface area contributed by atoms with E-state index >= 15 is 0 Å². The quantitative estimate of drug-likeness (QED) is 0.257. The Kier molecular flexibility index (Phi) is 4.50. The SMILES string of the molecule is C=C1C(=O)OC2C1C(OC(=O)C(=CC)CO)C(O)C1(CO1)C1C(O)C=C(C)C21. The van der Waals surface area contributed by atoms with E-state index in [9.17, 15) is 24.9 Å². The molecule has 0 bridgehead atoms. The van der Waals surface area contributed by atoms with Gasteiger partial charge >= 0.3 is 11.9 Å². The Morgan fingerprint density at radius 1 is 1.43 bits per heavy atom. The number of carbonyl (C=O) groups is 2. The highest BCUT2D eigenvalue weighted by Crippen LogP contribution is 2.58. The largest absolute Gasteiger partial charge is 0.458 e. The lowest BCUT2D eigenvalue weighted by Crippen LogP contribution is -2.50. The van der Waals surface area contributed by atoms with E-state index in [4.69, 9.17) is 14.2 Å². The molecule has 0 aromatic carbocycles. The van der Waals surface area contributed by atoms with Crippen LogP contribution in [0.5, 0.6) is 0 Å². The van der Waals surface area contributed by atoms with E-state index in [1.54, 1.807) is 13.0 Å². The number of allylic oxidation sites excluding steroid dienone is 1. The average molecular weight is 392 g/mol. The molecule has 2 aliphatic heterocycles. The Morgan fingerprint density at radius 3 is 2.68 bits per heavy atom. The molecule has 4 rings (SSSR count). The summed E-state index contributed by atoms with van der Waals surface area (Å²) in [5, 5.41) is 31.2. The van der Waals surface area contributed by atoms with Gasteiger partial charge in [0.25, 0.3) is 0 Å². The molecule has 152 valence electrons. The monoisotopic (exact) mass is 392 g/mol. The molecule has 1 spiro atoms. The summed E-state index contributed by atoms with van der Waals surface area (Å²) in [5.41, 5.74) is -0.131. The molecule has 3 fully saturated rings. The van der Waals surface area contributed by atoms with E-state index in [0.717, 1.165) is 5.57 Å². The van der Waals surface area contributed by atoms with Crippen molar-refractivity contribution in [3.8, 4) is 0 Å². The fourth-order valence-electron chi connectivity index (χ4n) is 5.05. The number of carbonyl (C=O) groups excluding carboxylic acids is 2. The zero-order valence-corrected chi connectivity index (χ0v) is 15.7. The predicted octanol–water partition coefficient (Wildman–Crippen LogP) is -0.369. The van der Waals surface area contributed by atoms with Gasteiger partial charge < -0.3 is 29.5 Å². The summed E-state index contributed by atoms with van der Waals surface area (Å²) in [6.07, 6.45) is -0.969. The maximum Gasteiger partial charge on any atom is 0.336 e. The predicted molar refractivity (Wildman–Crippen MR) is 94.7 cm³/mol. The van der Waals surface area contributed by atoms with Crippen molar-refractivity contribution < 1.29 is 39.1 Å². The summed E-state index contributed by atoms with van der Waals surface area (Å²) < 4.78 is 16.8. The molecular formula is C20H24O8. The highest BCUT2D eigenvalue weighted by atomic mass is 16.6. The first-order chi connectivity index (χ1) is 13.3. The zero-order chi connectivity index (χ0) is 20.4. The Balaban J connectivity index is 1.78. The van der Waals surface area contributed by atoms with Crippen molar-refractivity contribution in [2.75, 3.05) is 13.2 Å². The van der Waals surface area contributed by atoms with E-state index < -0.39 is 60.4 Å². The Morgan fingerprint density at radius 2 is 2.11 bits per heavy atom. The molecule has 2 heterocycles. The number of aliphatic hydroxyl groups is 3. The van der Waals surface area contributed by atoms with E-state index in [-0.39, 0.29) is 23.7 Å². The number of aliphatic hydroxyl groups excluding tert-OH is 3. The van der Waals surface area contributed by atoms with Gasteiger partial charge in [0.1, 0.15) is 23.9 Å². The summed E-state index contributed by atoms with van der Waals surface area (Å²) in [4.78, 5) is 24.8. The molecule has 28 heavy (non-hydrogen) atoms. The minimum atomic E-state index is -1.30. The first-order valence-corrected chi connectivity index (χ1v) is 9.32. The van der Waals surface area contributed by atoms with Crippen LogP contribution in [0.1, 0.15) is 13.8 Å². The lowest BCUT2D eigenvalue weighted by molar-refractivity contribution is -0.159. The summed E-state index contributed by atoms with van der Waals surface area (Å²) >= 11 is 0. The number of esters is 2. The zero-order valence-electron chi connectivity index (χ0n) is 15.7. The van der Waals surface area contributed by atoms with Crippen LogP contribution in [-0.2, 0) is 23.8 Å². The van der Waals surface area contributed by atoms with Gasteiger partial charge in [-0.1, -0.05) is 24.3 Å². The second-order valence-electron chi connectivity index (χ2n) is 7.90. The van der Waals surface area contributed by atoms with Crippen LogP contribution in [0, 0.1) is 17.8 Å². The van der Waals surface area contributed by atoms with Gasteiger partial charge in [-0.15, -0.1) is 0 Å². The normalized spacial score (nSPS) is 44.5. The highest BCUT2D eigenvalue weighted by Gasteiger charge is 2.71. The first kappa shape index (κ1) is 19.3. The number of hydrogen-bond donors (Lipinski definition) is 3. The van der Waals surface area contributed by atoms with Crippen LogP contribution in [0.25, 0.3) is 0 Å². The molecule has 0 aromatic rings. The van der Waals surface area contributed by atoms with Crippen LogP contribution < -0.4 is 0 Å². The number of fused-ring (bicyclic) bond motifs is 4. The topological polar surface area (TPSA) is 126 Å². The second-order valence-corrected chi connectivity index (χ2v) is 7.90. The van der Waals surface area contributed by atoms with E-state index in [0.29, 0.717) is 0 Å². The van der Waals surface area contributed by atoms with Gasteiger partial charge in [0, 0.05) is 17.4 Å². The fraction of sp³-hybridized carbons (Fsp3) is 0.600. The minimum absolute atomic E-state index is 0.0333. The fourth-order valence-corrected chi connectivity index (χ4v) is 5.05. The van der Waals surface area contributed by atoms with Crippen LogP contribution in [0.3, 0.4) is 0 Å². The van der Waals surface area contributed by atoms with Gasteiger partial charge in [-0.25, -0.2) is 9.59 Å². The van der Waals surface area contributed by atoms with E-state index in [1.165, 1.54) is 6.08 Å². The molecule has 8 heteroatoms. The van der Waals surface area contributed by atoms with E-state index in [2.05, 4.69) is 6.58 Å². The third-order valence-electron chi connectivity index (χ3n) is 6.56. The van der Waals surface area contributed by atoms with Crippen LogP contribution in [-0.4, -0.2) is 70.5 Å². The minimum Gasteiger partial charge on any atom is -0.458 e. The van der Waals surface area contributed by atoms with Crippen molar-refractivity contribution in [1.82, 2.24) is 0 Å². The van der Waals surface area contributed by atoms with Gasteiger partial charge in [0.05, 0.1) is 30.8 Å². The summed E-state index contributed by atoms with van der Waals surface area (Å²) in [5.74, 6) is -3.11. The van der Waals surface area contributed by atoms with Crippen molar-refractivity contribution in [3.63, 3.8) is 0 Å². The molecule has 3 N–H and O–H groups in total. The molecule has 4 aliphatic rings. The summed E-state index contributed by atoms with van der Waals surface area (Å²) in [6, 6.07) is 0. The van der Waals surface area contributed by atoms with Gasteiger partial charge in [0.2, 0.25) is 0 Å². The van der Waals surface area contributed by atoms with Crippen molar-refractivity contribution in [1.29, 1.82) is 0 Å². The smallest absolute Gasteiger partial charge is 0.336 e. The van der Waals surface area contributed by atoms with E-state index in [1.807, 2.05) is 6.92 Å².